The van der Waals surface area contributed by atoms with Gasteiger partial charge in [0.25, 0.3) is 0 Å². The van der Waals surface area contributed by atoms with Crippen molar-refractivity contribution in [1.29, 1.82) is 0 Å². The van der Waals surface area contributed by atoms with Crippen molar-refractivity contribution in [3.63, 3.8) is 0 Å². The Balaban J connectivity index is 2.72. The molecule has 2 unspecified atom stereocenters. The third kappa shape index (κ3) is 5.77. The maximum absolute atomic E-state index is 12.6. The summed E-state index contributed by atoms with van der Waals surface area (Å²) in [5.74, 6) is -1.09. The van der Waals surface area contributed by atoms with Crippen molar-refractivity contribution in [2.24, 2.45) is 11.8 Å². The van der Waals surface area contributed by atoms with E-state index in [1.54, 1.807) is 6.92 Å². The number of esters is 1. The van der Waals surface area contributed by atoms with Crippen molar-refractivity contribution in [2.75, 3.05) is 6.61 Å². The molecule has 0 aromatic rings. The second-order valence-electron chi connectivity index (χ2n) is 6.93. The molecule has 4 nitrogen and oxygen atoms in total. The van der Waals surface area contributed by atoms with Gasteiger partial charge >= 0.3 is 5.97 Å². The lowest BCUT2D eigenvalue weighted by molar-refractivity contribution is -0.164. The Labute approximate surface area is 128 Å². The summed E-state index contributed by atoms with van der Waals surface area (Å²) in [7, 11) is 0. The molecule has 122 valence electrons. The lowest BCUT2D eigenvalue weighted by Crippen LogP contribution is -2.41. The third-order valence-electron chi connectivity index (χ3n) is 3.89. The molecule has 1 rings (SSSR count). The van der Waals surface area contributed by atoms with Crippen molar-refractivity contribution >= 4 is 11.8 Å². The number of ether oxygens (including phenoxy) is 2. The van der Waals surface area contributed by atoms with Crippen LogP contribution in [-0.4, -0.2) is 30.1 Å². The molecule has 1 fully saturated rings. The SMILES string of the molecule is CCOC(C(=O)C(C)C(=O)OC(C)(C)C)C1CCCCC1. The van der Waals surface area contributed by atoms with Gasteiger partial charge in [0, 0.05) is 6.61 Å². The van der Waals surface area contributed by atoms with Crippen molar-refractivity contribution < 1.29 is 19.1 Å². The van der Waals surface area contributed by atoms with Gasteiger partial charge < -0.3 is 9.47 Å². The molecule has 0 bridgehead atoms. The van der Waals surface area contributed by atoms with E-state index in [4.69, 9.17) is 9.47 Å². The van der Waals surface area contributed by atoms with Crippen LogP contribution in [0.5, 0.6) is 0 Å². The lowest BCUT2D eigenvalue weighted by Gasteiger charge is -2.31. The van der Waals surface area contributed by atoms with Crippen LogP contribution in [0, 0.1) is 11.8 Å². The Morgan fingerprint density at radius 1 is 1.14 bits per heavy atom. The first kappa shape index (κ1) is 18.1. The number of rotatable bonds is 6. The molecule has 0 heterocycles. The fraction of sp³-hybridized carbons (Fsp3) is 0.882. The van der Waals surface area contributed by atoms with Gasteiger partial charge in [0.15, 0.2) is 5.78 Å². The maximum atomic E-state index is 12.6. The average Bonchev–Trinajstić information content (AvgIpc) is 2.42. The summed E-state index contributed by atoms with van der Waals surface area (Å²) < 4.78 is 11.0. The topological polar surface area (TPSA) is 52.6 Å². The van der Waals surface area contributed by atoms with Gasteiger partial charge in [-0.15, -0.1) is 0 Å². The van der Waals surface area contributed by atoms with E-state index in [-0.39, 0.29) is 11.7 Å². The van der Waals surface area contributed by atoms with E-state index >= 15 is 0 Å². The van der Waals surface area contributed by atoms with Gasteiger partial charge in [-0.2, -0.15) is 0 Å². The Morgan fingerprint density at radius 2 is 1.71 bits per heavy atom. The molecule has 21 heavy (non-hydrogen) atoms. The molecule has 0 amide bonds. The molecule has 0 aromatic heterocycles. The molecule has 0 N–H and O–H groups in total. The third-order valence-corrected chi connectivity index (χ3v) is 3.89. The molecular weight excluding hydrogens is 268 g/mol. The zero-order valence-corrected chi connectivity index (χ0v) is 14.1. The van der Waals surface area contributed by atoms with Crippen LogP contribution < -0.4 is 0 Å². The van der Waals surface area contributed by atoms with Crippen LogP contribution in [0.2, 0.25) is 0 Å². The zero-order chi connectivity index (χ0) is 16.0. The van der Waals surface area contributed by atoms with Gasteiger partial charge in [0.2, 0.25) is 0 Å². The first-order chi connectivity index (χ1) is 9.76. The van der Waals surface area contributed by atoms with E-state index in [9.17, 15) is 9.59 Å². The predicted molar refractivity (Wildman–Crippen MR) is 82.0 cm³/mol. The Bertz CT molecular complexity index is 350. The van der Waals surface area contributed by atoms with Gasteiger partial charge in [-0.1, -0.05) is 19.3 Å². The Kier molecular flexibility index (Phi) is 6.85. The summed E-state index contributed by atoms with van der Waals surface area (Å²) in [4.78, 5) is 24.7. The van der Waals surface area contributed by atoms with Crippen LogP contribution in [0.3, 0.4) is 0 Å². The van der Waals surface area contributed by atoms with E-state index in [1.807, 2.05) is 27.7 Å². The molecule has 0 radical (unpaired) electrons. The summed E-state index contributed by atoms with van der Waals surface area (Å²) in [5.41, 5.74) is -0.572. The van der Waals surface area contributed by atoms with E-state index in [1.165, 1.54) is 6.42 Å². The molecule has 2 atom stereocenters. The molecule has 1 aliphatic carbocycles. The lowest BCUT2D eigenvalue weighted by atomic mass is 9.81. The monoisotopic (exact) mass is 298 g/mol. The smallest absolute Gasteiger partial charge is 0.316 e. The van der Waals surface area contributed by atoms with Crippen molar-refractivity contribution in [2.45, 2.75) is 78.4 Å². The van der Waals surface area contributed by atoms with E-state index in [0.717, 1.165) is 25.7 Å². The summed E-state index contributed by atoms with van der Waals surface area (Å²) in [6.45, 7) is 9.44. The fourth-order valence-electron chi connectivity index (χ4n) is 2.82. The number of hydrogen-bond donors (Lipinski definition) is 0. The van der Waals surface area contributed by atoms with Gasteiger partial charge in [0.1, 0.15) is 17.6 Å². The van der Waals surface area contributed by atoms with E-state index in [0.29, 0.717) is 6.61 Å². The number of carbonyl (C=O) groups excluding carboxylic acids is 2. The van der Waals surface area contributed by atoms with Gasteiger partial charge in [-0.3, -0.25) is 9.59 Å². The van der Waals surface area contributed by atoms with Gasteiger partial charge in [-0.25, -0.2) is 0 Å². The van der Waals surface area contributed by atoms with Gasteiger partial charge in [0.05, 0.1) is 0 Å². The summed E-state index contributed by atoms with van der Waals surface area (Å²) in [6.07, 6.45) is 5.07. The molecule has 0 saturated heterocycles. The second kappa shape index (κ2) is 7.92. The highest BCUT2D eigenvalue weighted by molar-refractivity contribution is 6.01. The standard InChI is InChI=1S/C17H30O4/c1-6-20-15(13-10-8-7-9-11-13)14(18)12(2)16(19)21-17(3,4)5/h12-13,15H,6-11H2,1-5H3. The highest BCUT2D eigenvalue weighted by Gasteiger charge is 2.37. The van der Waals surface area contributed by atoms with Crippen molar-refractivity contribution in [3.05, 3.63) is 0 Å². The summed E-state index contributed by atoms with van der Waals surface area (Å²) in [6, 6.07) is 0. The van der Waals surface area contributed by atoms with Crippen LogP contribution >= 0.6 is 0 Å². The predicted octanol–water partition coefficient (Wildman–Crippen LogP) is 3.52. The quantitative estimate of drug-likeness (QED) is 0.556. The number of ketones is 1. The number of Topliss-reactive ketones (excluding diaryl/α,β-unsaturated/α-hetero) is 1. The van der Waals surface area contributed by atoms with E-state index < -0.39 is 23.6 Å². The van der Waals surface area contributed by atoms with Crippen LogP contribution in [-0.2, 0) is 19.1 Å². The summed E-state index contributed by atoms with van der Waals surface area (Å²) >= 11 is 0. The molecule has 0 aliphatic heterocycles. The Morgan fingerprint density at radius 3 is 2.19 bits per heavy atom. The zero-order valence-electron chi connectivity index (χ0n) is 14.1. The minimum absolute atomic E-state index is 0.127. The van der Waals surface area contributed by atoms with Crippen LogP contribution in [0.25, 0.3) is 0 Å². The van der Waals surface area contributed by atoms with Crippen LogP contribution in [0.15, 0.2) is 0 Å². The van der Waals surface area contributed by atoms with Crippen LogP contribution in [0.1, 0.15) is 66.7 Å². The number of hydrogen-bond acceptors (Lipinski definition) is 4. The highest BCUT2D eigenvalue weighted by atomic mass is 16.6. The average molecular weight is 298 g/mol. The van der Waals surface area contributed by atoms with Crippen molar-refractivity contribution in [1.82, 2.24) is 0 Å². The first-order valence-corrected chi connectivity index (χ1v) is 8.14. The highest BCUT2D eigenvalue weighted by Crippen LogP contribution is 2.30. The number of carbonyl (C=O) groups is 2. The maximum Gasteiger partial charge on any atom is 0.316 e. The van der Waals surface area contributed by atoms with E-state index in [2.05, 4.69) is 0 Å². The minimum Gasteiger partial charge on any atom is -0.459 e. The summed E-state index contributed by atoms with van der Waals surface area (Å²) in [5, 5.41) is 0. The minimum atomic E-state index is -0.761. The fourth-order valence-corrected chi connectivity index (χ4v) is 2.82. The molecular formula is C17H30O4. The second-order valence-corrected chi connectivity index (χ2v) is 6.93. The molecule has 0 spiro atoms. The first-order valence-electron chi connectivity index (χ1n) is 8.14. The van der Waals surface area contributed by atoms with Gasteiger partial charge in [-0.05, 0) is 53.4 Å². The Hall–Kier alpha value is -0.900. The largest absolute Gasteiger partial charge is 0.459 e. The van der Waals surface area contributed by atoms with Crippen molar-refractivity contribution in [3.8, 4) is 0 Å². The molecule has 1 saturated carbocycles. The molecule has 1 aliphatic rings. The molecule has 0 aromatic carbocycles. The normalized spacial score (nSPS) is 19.9. The van der Waals surface area contributed by atoms with Crippen LogP contribution in [0.4, 0.5) is 0 Å². The molecule has 4 heteroatoms.